The van der Waals surface area contributed by atoms with E-state index in [1.165, 1.54) is 56.4 Å². The Balaban J connectivity index is 1.84. The zero-order valence-corrected chi connectivity index (χ0v) is 9.78. The molecule has 1 aliphatic carbocycles. The third kappa shape index (κ3) is 1.71. The maximum atomic E-state index is 6.07. The van der Waals surface area contributed by atoms with Gasteiger partial charge in [0.15, 0.2) is 0 Å². The lowest BCUT2D eigenvalue weighted by Gasteiger charge is -2.36. The van der Waals surface area contributed by atoms with Crippen LogP contribution in [-0.4, -0.2) is 24.5 Å². The molecule has 0 saturated carbocycles. The van der Waals surface area contributed by atoms with Gasteiger partial charge in [0.05, 0.1) is 0 Å². The van der Waals surface area contributed by atoms with E-state index in [0.717, 1.165) is 11.6 Å². The highest BCUT2D eigenvalue weighted by molar-refractivity contribution is 5.53. The molecular formula is C14H20N2. The Labute approximate surface area is 97.4 Å². The Morgan fingerprint density at radius 2 is 2.12 bits per heavy atom. The molecule has 2 aliphatic rings. The van der Waals surface area contributed by atoms with Crippen LogP contribution >= 0.6 is 0 Å². The second kappa shape index (κ2) is 4.10. The van der Waals surface area contributed by atoms with Gasteiger partial charge in [-0.15, -0.1) is 0 Å². The molecule has 1 aromatic rings. The van der Waals surface area contributed by atoms with Crippen LogP contribution in [0.1, 0.15) is 36.3 Å². The molecule has 2 nitrogen and oxygen atoms in total. The van der Waals surface area contributed by atoms with Crippen molar-refractivity contribution < 1.29 is 0 Å². The Hall–Kier alpha value is -1.02. The summed E-state index contributed by atoms with van der Waals surface area (Å²) in [7, 11) is 0. The van der Waals surface area contributed by atoms with Gasteiger partial charge in [-0.25, -0.2) is 0 Å². The Morgan fingerprint density at radius 1 is 1.25 bits per heavy atom. The number of anilines is 1. The second-order valence-corrected chi connectivity index (χ2v) is 5.16. The molecule has 2 heteroatoms. The first-order valence-corrected chi connectivity index (χ1v) is 6.44. The number of hydrogen-bond acceptors (Lipinski definition) is 2. The summed E-state index contributed by atoms with van der Waals surface area (Å²) in [5.41, 5.74) is 10.0. The van der Waals surface area contributed by atoms with Crippen LogP contribution in [0.3, 0.4) is 0 Å². The van der Waals surface area contributed by atoms with Gasteiger partial charge >= 0.3 is 0 Å². The highest BCUT2D eigenvalue weighted by Gasteiger charge is 2.25. The molecule has 0 amide bonds. The summed E-state index contributed by atoms with van der Waals surface area (Å²) in [5.74, 6) is 0.729. The number of hydrogen-bond donors (Lipinski definition) is 1. The van der Waals surface area contributed by atoms with Crippen LogP contribution < -0.4 is 5.73 Å². The Morgan fingerprint density at radius 3 is 2.88 bits per heavy atom. The van der Waals surface area contributed by atoms with E-state index in [1.807, 2.05) is 6.07 Å². The maximum Gasteiger partial charge on any atom is 0.0349 e. The molecule has 16 heavy (non-hydrogen) atoms. The quantitative estimate of drug-likeness (QED) is 0.769. The predicted octanol–water partition coefficient (Wildman–Crippen LogP) is 2.39. The molecule has 1 heterocycles. The van der Waals surface area contributed by atoms with Crippen molar-refractivity contribution in [3.8, 4) is 0 Å². The molecule has 1 aliphatic heterocycles. The van der Waals surface area contributed by atoms with Crippen molar-refractivity contribution in [2.24, 2.45) is 0 Å². The molecular weight excluding hydrogens is 196 g/mol. The van der Waals surface area contributed by atoms with Crippen LogP contribution in [0.2, 0.25) is 0 Å². The maximum absolute atomic E-state index is 6.07. The summed E-state index contributed by atoms with van der Waals surface area (Å²) in [6, 6.07) is 6.45. The summed E-state index contributed by atoms with van der Waals surface area (Å²) < 4.78 is 0. The van der Waals surface area contributed by atoms with Crippen molar-refractivity contribution in [3.63, 3.8) is 0 Å². The zero-order chi connectivity index (χ0) is 11.0. The minimum absolute atomic E-state index is 0.729. The number of benzene rings is 1. The molecule has 1 unspecified atom stereocenters. The number of likely N-dealkylation sites (tertiary alicyclic amines) is 1. The van der Waals surface area contributed by atoms with Gasteiger partial charge in [0, 0.05) is 12.2 Å². The van der Waals surface area contributed by atoms with Crippen molar-refractivity contribution in [1.29, 1.82) is 0 Å². The van der Waals surface area contributed by atoms with Crippen LogP contribution in [0.25, 0.3) is 0 Å². The van der Waals surface area contributed by atoms with Crippen molar-refractivity contribution in [2.45, 2.75) is 31.6 Å². The van der Waals surface area contributed by atoms with E-state index < -0.39 is 0 Å². The van der Waals surface area contributed by atoms with Crippen molar-refractivity contribution in [2.75, 3.05) is 25.4 Å². The molecule has 1 atom stereocenters. The summed E-state index contributed by atoms with van der Waals surface area (Å²) in [4.78, 5) is 2.57. The monoisotopic (exact) mass is 216 g/mol. The largest absolute Gasteiger partial charge is 0.398 e. The van der Waals surface area contributed by atoms with Gasteiger partial charge in [-0.3, -0.25) is 0 Å². The summed E-state index contributed by atoms with van der Waals surface area (Å²) in [6.45, 7) is 3.85. The van der Waals surface area contributed by atoms with Gasteiger partial charge in [-0.2, -0.15) is 0 Å². The fourth-order valence-electron chi connectivity index (χ4n) is 3.04. The highest BCUT2D eigenvalue weighted by Crippen LogP contribution is 2.35. The minimum Gasteiger partial charge on any atom is -0.398 e. The third-order valence-electron chi connectivity index (χ3n) is 4.09. The fraction of sp³-hybridized carbons (Fsp3) is 0.571. The van der Waals surface area contributed by atoms with E-state index >= 15 is 0 Å². The fourth-order valence-corrected chi connectivity index (χ4v) is 3.04. The number of nitrogens with two attached hydrogens (primary N) is 1. The lowest BCUT2D eigenvalue weighted by atomic mass is 9.81. The van der Waals surface area contributed by atoms with Crippen LogP contribution in [0, 0.1) is 0 Å². The molecule has 1 fully saturated rings. The molecule has 1 saturated heterocycles. The number of fused-ring (bicyclic) bond motifs is 1. The van der Waals surface area contributed by atoms with Crippen LogP contribution in [0.5, 0.6) is 0 Å². The molecule has 0 spiro atoms. The topological polar surface area (TPSA) is 29.3 Å². The average Bonchev–Trinajstić information content (AvgIpc) is 2.24. The van der Waals surface area contributed by atoms with Gasteiger partial charge in [-0.05, 0) is 61.9 Å². The van der Waals surface area contributed by atoms with E-state index in [-0.39, 0.29) is 0 Å². The predicted molar refractivity (Wildman–Crippen MR) is 67.6 cm³/mol. The smallest absolute Gasteiger partial charge is 0.0349 e. The van der Waals surface area contributed by atoms with Crippen LogP contribution in [0.15, 0.2) is 18.2 Å². The zero-order valence-electron chi connectivity index (χ0n) is 9.78. The number of nitrogen functional groups attached to an aromatic ring is 1. The first-order chi connectivity index (χ1) is 7.84. The Kier molecular flexibility index (Phi) is 2.60. The second-order valence-electron chi connectivity index (χ2n) is 5.16. The molecule has 0 bridgehead atoms. The third-order valence-corrected chi connectivity index (χ3v) is 4.09. The lowest BCUT2D eigenvalue weighted by Crippen LogP contribution is -2.40. The standard InChI is InChI=1S/C14H20N2/c15-14-7-2-5-12-11(4-1-6-13(12)14)10-16-8-3-9-16/h2,5,7,11H,1,3-4,6,8-10,15H2. The van der Waals surface area contributed by atoms with E-state index in [9.17, 15) is 0 Å². The molecule has 2 N–H and O–H groups in total. The summed E-state index contributed by atoms with van der Waals surface area (Å²) in [5, 5.41) is 0. The van der Waals surface area contributed by atoms with Crippen molar-refractivity contribution >= 4 is 5.69 Å². The summed E-state index contributed by atoms with van der Waals surface area (Å²) in [6.07, 6.45) is 5.21. The van der Waals surface area contributed by atoms with E-state index in [4.69, 9.17) is 5.73 Å². The van der Waals surface area contributed by atoms with Crippen molar-refractivity contribution in [3.05, 3.63) is 29.3 Å². The molecule has 1 aromatic carbocycles. The van der Waals surface area contributed by atoms with E-state index in [1.54, 1.807) is 0 Å². The Bertz CT molecular complexity index is 382. The SMILES string of the molecule is Nc1cccc2c1CCCC2CN1CCC1. The van der Waals surface area contributed by atoms with Gasteiger partial charge in [0.1, 0.15) is 0 Å². The first-order valence-electron chi connectivity index (χ1n) is 6.44. The number of rotatable bonds is 2. The van der Waals surface area contributed by atoms with Gasteiger partial charge < -0.3 is 10.6 Å². The highest BCUT2D eigenvalue weighted by atomic mass is 15.2. The minimum atomic E-state index is 0.729. The van der Waals surface area contributed by atoms with Gasteiger partial charge in [0.2, 0.25) is 0 Å². The normalized spacial score (nSPS) is 24.9. The summed E-state index contributed by atoms with van der Waals surface area (Å²) >= 11 is 0. The first kappa shape index (κ1) is 10.2. The molecule has 3 rings (SSSR count). The van der Waals surface area contributed by atoms with Crippen molar-refractivity contribution in [1.82, 2.24) is 4.90 Å². The lowest BCUT2D eigenvalue weighted by molar-refractivity contribution is 0.165. The van der Waals surface area contributed by atoms with Crippen LogP contribution in [0.4, 0.5) is 5.69 Å². The van der Waals surface area contributed by atoms with Gasteiger partial charge in [0.25, 0.3) is 0 Å². The van der Waals surface area contributed by atoms with E-state index in [0.29, 0.717) is 0 Å². The molecule has 0 radical (unpaired) electrons. The molecule has 0 aromatic heterocycles. The van der Waals surface area contributed by atoms with Crippen LogP contribution in [-0.2, 0) is 6.42 Å². The average molecular weight is 216 g/mol. The molecule has 86 valence electrons. The van der Waals surface area contributed by atoms with E-state index in [2.05, 4.69) is 17.0 Å². The van der Waals surface area contributed by atoms with Gasteiger partial charge in [-0.1, -0.05) is 12.1 Å². The number of nitrogens with zero attached hydrogens (tertiary/aromatic N) is 1.